The van der Waals surface area contributed by atoms with Gasteiger partial charge in [0.2, 0.25) is 5.91 Å². The molecule has 3 rings (SSSR count). The molecule has 0 aliphatic heterocycles. The molecule has 0 aromatic heterocycles. The molecule has 0 saturated heterocycles. The highest BCUT2D eigenvalue weighted by Gasteiger charge is 2.25. The zero-order valence-corrected chi connectivity index (χ0v) is 16.5. The van der Waals surface area contributed by atoms with E-state index in [9.17, 15) is 14.0 Å². The number of para-hydroxylation sites is 2. The summed E-state index contributed by atoms with van der Waals surface area (Å²) in [5.74, 6) is -0.497. The largest absolute Gasteiger partial charge is 0.489 e. The van der Waals surface area contributed by atoms with Gasteiger partial charge in [0.25, 0.3) is 5.91 Å². The average molecular weight is 399 g/mol. The zero-order valence-electron chi connectivity index (χ0n) is 16.5. The molecule has 7 heteroatoms. The van der Waals surface area contributed by atoms with Gasteiger partial charge in [-0.15, -0.1) is 0 Å². The van der Waals surface area contributed by atoms with Gasteiger partial charge in [-0.2, -0.15) is 0 Å². The summed E-state index contributed by atoms with van der Waals surface area (Å²) in [5.41, 5.74) is 0.987. The van der Waals surface area contributed by atoms with E-state index in [1.165, 1.54) is 6.07 Å². The second-order valence-corrected chi connectivity index (χ2v) is 7.17. The first-order valence-electron chi connectivity index (χ1n) is 9.78. The van der Waals surface area contributed by atoms with Gasteiger partial charge < -0.3 is 20.3 Å². The van der Waals surface area contributed by atoms with Crippen molar-refractivity contribution in [2.75, 3.05) is 32.1 Å². The number of amides is 2. The Morgan fingerprint density at radius 3 is 2.59 bits per heavy atom. The van der Waals surface area contributed by atoms with Crippen molar-refractivity contribution in [2.45, 2.75) is 25.3 Å². The Bertz CT molecular complexity index is 855. The van der Waals surface area contributed by atoms with Crippen LogP contribution in [0.5, 0.6) is 5.75 Å². The number of hydrogen-bond acceptors (Lipinski definition) is 4. The van der Waals surface area contributed by atoms with Crippen molar-refractivity contribution < 1.29 is 18.7 Å². The smallest absolute Gasteiger partial charge is 0.253 e. The lowest BCUT2D eigenvalue weighted by molar-refractivity contribution is -0.116. The summed E-state index contributed by atoms with van der Waals surface area (Å²) >= 11 is 0. The number of carbonyl (C=O) groups excluding carboxylic acids is 2. The fourth-order valence-corrected chi connectivity index (χ4v) is 2.77. The minimum atomic E-state index is -0.390. The molecule has 2 aromatic carbocycles. The molecule has 0 atom stereocenters. The quantitative estimate of drug-likeness (QED) is 0.644. The molecule has 154 valence electrons. The SMILES string of the molecule is CN(CCOc1ccccc1F)CCC(=O)Nc1ccccc1C(=O)NC1CC1. The van der Waals surface area contributed by atoms with Crippen LogP contribution in [0.3, 0.4) is 0 Å². The summed E-state index contributed by atoms with van der Waals surface area (Å²) in [6.07, 6.45) is 2.29. The van der Waals surface area contributed by atoms with Gasteiger partial charge in [-0.05, 0) is 44.2 Å². The van der Waals surface area contributed by atoms with E-state index in [1.54, 1.807) is 42.5 Å². The van der Waals surface area contributed by atoms with Crippen LogP contribution in [0.25, 0.3) is 0 Å². The van der Waals surface area contributed by atoms with E-state index in [0.717, 1.165) is 12.8 Å². The van der Waals surface area contributed by atoms with Crippen molar-refractivity contribution in [3.63, 3.8) is 0 Å². The Morgan fingerprint density at radius 1 is 1.10 bits per heavy atom. The molecule has 1 fully saturated rings. The van der Waals surface area contributed by atoms with Crippen LogP contribution in [-0.2, 0) is 4.79 Å². The molecule has 0 unspecified atom stereocenters. The van der Waals surface area contributed by atoms with E-state index < -0.39 is 0 Å². The van der Waals surface area contributed by atoms with Crippen molar-refractivity contribution in [2.24, 2.45) is 0 Å². The third kappa shape index (κ3) is 6.57. The molecule has 6 nitrogen and oxygen atoms in total. The van der Waals surface area contributed by atoms with Gasteiger partial charge in [0, 0.05) is 25.6 Å². The standard InChI is InChI=1S/C22H26FN3O3/c1-26(14-15-29-20-9-5-3-7-18(20)23)13-12-21(27)25-19-8-4-2-6-17(19)22(28)24-16-10-11-16/h2-9,16H,10-15H2,1H3,(H,24,28)(H,25,27). The first-order chi connectivity index (χ1) is 14.0. The second kappa shape index (κ2) is 10.0. The number of nitrogens with one attached hydrogen (secondary N) is 2. The highest BCUT2D eigenvalue weighted by molar-refractivity contribution is 6.03. The van der Waals surface area contributed by atoms with Crippen LogP contribution in [0, 0.1) is 5.82 Å². The number of hydrogen-bond donors (Lipinski definition) is 2. The summed E-state index contributed by atoms with van der Waals surface area (Å²) in [4.78, 5) is 26.6. The van der Waals surface area contributed by atoms with E-state index in [0.29, 0.717) is 30.9 Å². The third-order valence-electron chi connectivity index (χ3n) is 4.65. The number of anilines is 1. The van der Waals surface area contributed by atoms with Crippen molar-refractivity contribution in [1.29, 1.82) is 0 Å². The lowest BCUT2D eigenvalue weighted by Gasteiger charge is -2.17. The molecule has 29 heavy (non-hydrogen) atoms. The fourth-order valence-electron chi connectivity index (χ4n) is 2.77. The summed E-state index contributed by atoms with van der Waals surface area (Å²) < 4.78 is 18.9. The minimum Gasteiger partial charge on any atom is -0.489 e. The maximum absolute atomic E-state index is 13.5. The maximum Gasteiger partial charge on any atom is 0.253 e. The Morgan fingerprint density at radius 2 is 1.83 bits per heavy atom. The van der Waals surface area contributed by atoms with Crippen molar-refractivity contribution >= 4 is 17.5 Å². The number of likely N-dealkylation sites (N-methyl/N-ethyl adjacent to an activating group) is 1. The van der Waals surface area contributed by atoms with E-state index in [2.05, 4.69) is 10.6 Å². The van der Waals surface area contributed by atoms with Crippen LogP contribution in [-0.4, -0.2) is 49.5 Å². The van der Waals surface area contributed by atoms with E-state index in [1.807, 2.05) is 11.9 Å². The van der Waals surface area contributed by atoms with Gasteiger partial charge in [-0.3, -0.25) is 9.59 Å². The molecule has 0 radical (unpaired) electrons. The molecule has 0 spiro atoms. The Balaban J connectivity index is 1.41. The molecule has 2 aromatic rings. The van der Waals surface area contributed by atoms with E-state index in [4.69, 9.17) is 4.74 Å². The number of carbonyl (C=O) groups is 2. The van der Waals surface area contributed by atoms with Crippen molar-refractivity contribution in [3.8, 4) is 5.75 Å². The predicted octanol–water partition coefficient (Wildman–Crippen LogP) is 3.06. The molecule has 1 saturated carbocycles. The van der Waals surface area contributed by atoms with Gasteiger partial charge >= 0.3 is 0 Å². The van der Waals surface area contributed by atoms with Crippen LogP contribution in [0.15, 0.2) is 48.5 Å². The average Bonchev–Trinajstić information content (AvgIpc) is 3.52. The summed E-state index contributed by atoms with van der Waals surface area (Å²) in [6, 6.07) is 13.5. The number of rotatable bonds is 10. The third-order valence-corrected chi connectivity index (χ3v) is 4.65. The van der Waals surface area contributed by atoms with Crippen LogP contribution < -0.4 is 15.4 Å². The topological polar surface area (TPSA) is 70.7 Å². The van der Waals surface area contributed by atoms with Crippen molar-refractivity contribution in [3.05, 3.63) is 59.9 Å². The van der Waals surface area contributed by atoms with Crippen molar-refractivity contribution in [1.82, 2.24) is 10.2 Å². The first-order valence-corrected chi connectivity index (χ1v) is 9.78. The second-order valence-electron chi connectivity index (χ2n) is 7.17. The van der Waals surface area contributed by atoms with E-state index in [-0.39, 0.29) is 35.8 Å². The molecule has 2 N–H and O–H groups in total. The fraction of sp³-hybridized carbons (Fsp3) is 0.364. The Hall–Kier alpha value is -2.93. The monoisotopic (exact) mass is 399 g/mol. The molecule has 1 aliphatic rings. The number of halogens is 1. The summed E-state index contributed by atoms with van der Waals surface area (Å²) in [5, 5.41) is 5.76. The highest BCUT2D eigenvalue weighted by atomic mass is 19.1. The lowest BCUT2D eigenvalue weighted by atomic mass is 10.1. The highest BCUT2D eigenvalue weighted by Crippen LogP contribution is 2.21. The van der Waals surface area contributed by atoms with E-state index >= 15 is 0 Å². The summed E-state index contributed by atoms with van der Waals surface area (Å²) in [7, 11) is 1.87. The zero-order chi connectivity index (χ0) is 20.6. The summed E-state index contributed by atoms with van der Waals surface area (Å²) in [6.45, 7) is 1.40. The molecular weight excluding hydrogens is 373 g/mol. The minimum absolute atomic E-state index is 0.161. The number of ether oxygens (including phenoxy) is 1. The molecule has 2 amide bonds. The van der Waals surface area contributed by atoms with Gasteiger partial charge in [0.05, 0.1) is 11.3 Å². The normalized spacial score (nSPS) is 13.2. The number of nitrogens with zero attached hydrogens (tertiary/aromatic N) is 1. The lowest BCUT2D eigenvalue weighted by Crippen LogP contribution is -2.29. The van der Waals surface area contributed by atoms with Crippen LogP contribution in [0.4, 0.5) is 10.1 Å². The molecule has 1 aliphatic carbocycles. The number of benzene rings is 2. The Kier molecular flexibility index (Phi) is 7.19. The van der Waals surface area contributed by atoms with Gasteiger partial charge in [0.1, 0.15) is 6.61 Å². The first kappa shape index (κ1) is 20.8. The maximum atomic E-state index is 13.5. The Labute approximate surface area is 170 Å². The van der Waals surface area contributed by atoms with Gasteiger partial charge in [-0.25, -0.2) is 4.39 Å². The molecular formula is C22H26FN3O3. The van der Waals surface area contributed by atoms with Crippen LogP contribution in [0.2, 0.25) is 0 Å². The van der Waals surface area contributed by atoms with Gasteiger partial charge in [-0.1, -0.05) is 24.3 Å². The molecule has 0 bridgehead atoms. The molecule has 0 heterocycles. The predicted molar refractivity (Wildman–Crippen MR) is 110 cm³/mol. The van der Waals surface area contributed by atoms with Crippen LogP contribution >= 0.6 is 0 Å². The van der Waals surface area contributed by atoms with Gasteiger partial charge in [0.15, 0.2) is 11.6 Å². The van der Waals surface area contributed by atoms with Crippen LogP contribution in [0.1, 0.15) is 29.6 Å².